The van der Waals surface area contributed by atoms with E-state index in [4.69, 9.17) is 14.6 Å². The Hall–Kier alpha value is -2.80. The Bertz CT molecular complexity index is 940. The van der Waals surface area contributed by atoms with Crippen LogP contribution in [0.4, 0.5) is 27.9 Å². The number of aliphatic hydroxyl groups excluding tert-OH is 1. The summed E-state index contributed by atoms with van der Waals surface area (Å²) in [5, 5.41) is 17.1. The van der Waals surface area contributed by atoms with Crippen LogP contribution in [0.5, 0.6) is 5.75 Å². The Morgan fingerprint density at radius 3 is 2.68 bits per heavy atom. The summed E-state index contributed by atoms with van der Waals surface area (Å²) in [5.41, 5.74) is -2.98. The fourth-order valence-corrected chi connectivity index (χ4v) is 3.58. The molecule has 1 amide bonds. The SMILES string of the molecule is C[C@H]1[C@@H](c2ccc(F)c(F)c2OCCO)[C@H](C(=O)Nc2ncn[nH]2)O[C@@]1(C)C(F)(F)F. The molecule has 3 N–H and O–H groups in total. The lowest BCUT2D eigenvalue weighted by atomic mass is 9.77. The number of aliphatic hydroxyl groups is 1. The maximum absolute atomic E-state index is 14.5. The monoisotopic (exact) mass is 450 g/mol. The summed E-state index contributed by atoms with van der Waals surface area (Å²) in [5.74, 6) is -7.37. The summed E-state index contributed by atoms with van der Waals surface area (Å²) < 4.78 is 80.1. The molecule has 0 unspecified atom stereocenters. The first-order valence-electron chi connectivity index (χ1n) is 9.13. The lowest BCUT2D eigenvalue weighted by Crippen LogP contribution is -2.47. The Kier molecular flexibility index (Phi) is 6.18. The number of aromatic amines is 1. The second-order valence-electron chi connectivity index (χ2n) is 7.13. The van der Waals surface area contributed by atoms with E-state index in [-0.39, 0.29) is 11.5 Å². The number of anilines is 1. The molecule has 0 radical (unpaired) electrons. The van der Waals surface area contributed by atoms with Crippen LogP contribution >= 0.6 is 0 Å². The van der Waals surface area contributed by atoms with Gasteiger partial charge < -0.3 is 14.6 Å². The number of carbonyl (C=O) groups excluding carboxylic acids is 1. The van der Waals surface area contributed by atoms with Crippen molar-refractivity contribution >= 4 is 11.9 Å². The predicted octanol–water partition coefficient (Wildman–Crippen LogP) is 2.53. The van der Waals surface area contributed by atoms with E-state index in [1.807, 2.05) is 0 Å². The zero-order valence-electron chi connectivity index (χ0n) is 16.3. The molecule has 0 bridgehead atoms. The van der Waals surface area contributed by atoms with Gasteiger partial charge in [-0.1, -0.05) is 13.0 Å². The summed E-state index contributed by atoms with van der Waals surface area (Å²) in [7, 11) is 0. The van der Waals surface area contributed by atoms with Gasteiger partial charge in [-0.05, 0) is 13.0 Å². The molecule has 0 spiro atoms. The van der Waals surface area contributed by atoms with Crippen LogP contribution in [0.2, 0.25) is 0 Å². The molecule has 8 nitrogen and oxygen atoms in total. The molecule has 2 heterocycles. The van der Waals surface area contributed by atoms with Crippen molar-refractivity contribution in [2.45, 2.75) is 37.6 Å². The number of nitrogens with zero attached hydrogens (tertiary/aromatic N) is 2. The fraction of sp³-hybridized carbons (Fsp3) is 0.500. The molecule has 2 aromatic rings. The van der Waals surface area contributed by atoms with Crippen molar-refractivity contribution in [3.05, 3.63) is 35.7 Å². The summed E-state index contributed by atoms with van der Waals surface area (Å²) in [6.45, 7) is 0.972. The van der Waals surface area contributed by atoms with E-state index in [0.29, 0.717) is 0 Å². The molecule has 1 aromatic carbocycles. The number of hydrogen-bond donors (Lipinski definition) is 3. The molecular weight excluding hydrogens is 431 g/mol. The maximum atomic E-state index is 14.5. The second kappa shape index (κ2) is 8.38. The average Bonchev–Trinajstić information content (AvgIpc) is 3.30. The van der Waals surface area contributed by atoms with Crippen molar-refractivity contribution in [3.63, 3.8) is 0 Å². The number of amides is 1. The first-order valence-corrected chi connectivity index (χ1v) is 9.13. The average molecular weight is 450 g/mol. The van der Waals surface area contributed by atoms with Gasteiger partial charge >= 0.3 is 6.18 Å². The first-order chi connectivity index (χ1) is 14.5. The van der Waals surface area contributed by atoms with Gasteiger partial charge in [0.15, 0.2) is 17.2 Å². The number of ether oxygens (including phenoxy) is 2. The van der Waals surface area contributed by atoms with Crippen LogP contribution in [-0.4, -0.2) is 57.3 Å². The first kappa shape index (κ1) is 22.9. The van der Waals surface area contributed by atoms with Crippen molar-refractivity contribution in [1.29, 1.82) is 0 Å². The van der Waals surface area contributed by atoms with Gasteiger partial charge in [-0.2, -0.15) is 27.6 Å². The number of carbonyl (C=O) groups is 1. The van der Waals surface area contributed by atoms with E-state index >= 15 is 0 Å². The molecule has 1 aromatic heterocycles. The van der Waals surface area contributed by atoms with Crippen LogP contribution in [-0.2, 0) is 9.53 Å². The molecule has 170 valence electrons. The molecular formula is C18H19F5N4O4. The smallest absolute Gasteiger partial charge is 0.417 e. The third kappa shape index (κ3) is 4.06. The van der Waals surface area contributed by atoms with Gasteiger partial charge in [0.05, 0.1) is 6.61 Å². The molecule has 1 saturated heterocycles. The third-order valence-electron chi connectivity index (χ3n) is 5.36. The van der Waals surface area contributed by atoms with E-state index < -0.39 is 66.2 Å². The minimum absolute atomic E-state index is 0.136. The van der Waals surface area contributed by atoms with E-state index in [1.54, 1.807) is 0 Å². The minimum atomic E-state index is -4.88. The van der Waals surface area contributed by atoms with Crippen molar-refractivity contribution in [2.24, 2.45) is 5.92 Å². The number of nitrogens with one attached hydrogen (secondary N) is 2. The van der Waals surface area contributed by atoms with Gasteiger partial charge in [0.2, 0.25) is 11.8 Å². The van der Waals surface area contributed by atoms with Crippen molar-refractivity contribution in [3.8, 4) is 5.75 Å². The lowest BCUT2D eigenvalue weighted by molar-refractivity contribution is -0.272. The number of halogens is 5. The largest absolute Gasteiger partial charge is 0.488 e. The predicted molar refractivity (Wildman–Crippen MR) is 95.2 cm³/mol. The summed E-state index contributed by atoms with van der Waals surface area (Å²) in [6, 6.07) is 1.75. The molecule has 0 saturated carbocycles. The minimum Gasteiger partial charge on any atom is -0.488 e. The molecule has 31 heavy (non-hydrogen) atoms. The number of H-pyrrole nitrogens is 1. The van der Waals surface area contributed by atoms with Crippen LogP contribution in [0.1, 0.15) is 25.3 Å². The molecule has 4 atom stereocenters. The lowest BCUT2D eigenvalue weighted by Gasteiger charge is -2.32. The van der Waals surface area contributed by atoms with Gasteiger partial charge in [-0.3, -0.25) is 10.1 Å². The van der Waals surface area contributed by atoms with Gasteiger partial charge in [0.1, 0.15) is 19.0 Å². The quantitative estimate of drug-likeness (QED) is 0.584. The third-order valence-corrected chi connectivity index (χ3v) is 5.36. The number of benzene rings is 1. The van der Waals surface area contributed by atoms with Gasteiger partial charge in [-0.25, -0.2) is 9.49 Å². The molecule has 3 rings (SSSR count). The summed E-state index contributed by atoms with van der Waals surface area (Å²) in [6.07, 6.45) is -5.56. The van der Waals surface area contributed by atoms with Crippen molar-refractivity contribution in [2.75, 3.05) is 18.5 Å². The van der Waals surface area contributed by atoms with Gasteiger partial charge in [0.25, 0.3) is 5.91 Å². The van der Waals surface area contributed by atoms with Crippen molar-refractivity contribution in [1.82, 2.24) is 15.2 Å². The standard InChI is InChI=1S/C18H19F5N4O4/c1-8-11(9-3-4-10(19)12(20)13(9)30-6-5-28)14(31-17(8,2)18(21,22)23)15(29)26-16-24-7-25-27-16/h3-4,7-8,11,14,28H,5-6H2,1-2H3,(H2,24,25,26,27,29)/t8-,11-,14+,17+/m0/s1. The fourth-order valence-electron chi connectivity index (χ4n) is 3.58. The molecule has 0 aliphatic carbocycles. The highest BCUT2D eigenvalue weighted by Crippen LogP contribution is 2.55. The summed E-state index contributed by atoms with van der Waals surface area (Å²) in [4.78, 5) is 16.5. The Labute approximate surface area is 172 Å². The normalized spacial score (nSPS) is 26.1. The van der Waals surface area contributed by atoms with Crippen LogP contribution < -0.4 is 10.1 Å². The highest BCUT2D eigenvalue weighted by molar-refractivity contribution is 5.94. The zero-order valence-corrected chi connectivity index (χ0v) is 16.3. The number of hydrogen-bond acceptors (Lipinski definition) is 6. The van der Waals surface area contributed by atoms with E-state index in [1.165, 1.54) is 6.92 Å². The van der Waals surface area contributed by atoms with Crippen molar-refractivity contribution < 1.29 is 41.3 Å². The van der Waals surface area contributed by atoms with Crippen LogP contribution in [0.15, 0.2) is 18.5 Å². The van der Waals surface area contributed by atoms with Crippen LogP contribution in [0, 0.1) is 17.6 Å². The Balaban J connectivity index is 2.10. The number of alkyl halides is 3. The molecule has 13 heteroatoms. The molecule has 1 fully saturated rings. The highest BCUT2D eigenvalue weighted by Gasteiger charge is 2.66. The molecule has 1 aliphatic rings. The van der Waals surface area contributed by atoms with E-state index in [0.717, 1.165) is 25.4 Å². The second-order valence-corrected chi connectivity index (χ2v) is 7.13. The van der Waals surface area contributed by atoms with E-state index in [2.05, 4.69) is 20.5 Å². The number of aromatic nitrogens is 3. The molecule has 1 aliphatic heterocycles. The number of rotatable bonds is 6. The van der Waals surface area contributed by atoms with Crippen LogP contribution in [0.3, 0.4) is 0 Å². The van der Waals surface area contributed by atoms with Gasteiger partial charge in [-0.15, -0.1) is 0 Å². The maximum Gasteiger partial charge on any atom is 0.417 e. The van der Waals surface area contributed by atoms with Crippen LogP contribution in [0.25, 0.3) is 0 Å². The zero-order chi connectivity index (χ0) is 23.0. The topological polar surface area (TPSA) is 109 Å². The summed E-state index contributed by atoms with van der Waals surface area (Å²) >= 11 is 0. The highest BCUT2D eigenvalue weighted by atomic mass is 19.4. The van der Waals surface area contributed by atoms with Gasteiger partial charge in [0, 0.05) is 17.4 Å². The Morgan fingerprint density at radius 1 is 1.39 bits per heavy atom. The Morgan fingerprint density at radius 2 is 2.10 bits per heavy atom. The van der Waals surface area contributed by atoms with E-state index in [9.17, 15) is 26.7 Å².